The highest BCUT2D eigenvalue weighted by Crippen LogP contribution is 2.33. The predicted octanol–water partition coefficient (Wildman–Crippen LogP) is 4.08. The fraction of sp³-hybridized carbons (Fsp3) is 0.286. The highest BCUT2D eigenvalue weighted by atomic mass is 35.5. The van der Waals surface area contributed by atoms with Crippen LogP contribution < -0.4 is 10.1 Å². The molecule has 0 unspecified atom stereocenters. The lowest BCUT2D eigenvalue weighted by Crippen LogP contribution is -2.15. The lowest BCUT2D eigenvalue weighted by atomic mass is 10.3. The van der Waals surface area contributed by atoms with Gasteiger partial charge in [0.25, 0.3) is 0 Å². The van der Waals surface area contributed by atoms with Gasteiger partial charge in [-0.15, -0.1) is 0 Å². The van der Waals surface area contributed by atoms with Crippen LogP contribution in [-0.4, -0.2) is 16.5 Å². The monoisotopic (exact) mass is 311 g/mol. The molecule has 20 heavy (non-hydrogen) atoms. The molecular formula is C14H15Cl2N3O. The molecule has 0 amide bonds. The molecule has 2 rings (SSSR count). The molecule has 0 saturated carbocycles. The lowest BCUT2D eigenvalue weighted by Gasteiger charge is -2.08. The second-order valence-corrected chi connectivity index (χ2v) is 4.96. The van der Waals surface area contributed by atoms with Gasteiger partial charge in [-0.1, -0.05) is 36.2 Å². The summed E-state index contributed by atoms with van der Waals surface area (Å²) in [5, 5.41) is 4.07. The minimum Gasteiger partial charge on any atom is -0.436 e. The Morgan fingerprint density at radius 2 is 2.10 bits per heavy atom. The fourth-order valence-electron chi connectivity index (χ4n) is 1.59. The molecule has 4 nitrogen and oxygen atoms in total. The standard InChI is InChI=1S/C14H15Cl2N3O/c1-2-6-17-7-10-8-18-9-13(19-10)20-12-5-3-4-11(15)14(12)16/h3-5,8-9,17H,2,6-7H2,1H3. The van der Waals surface area contributed by atoms with Crippen LogP contribution in [0.4, 0.5) is 0 Å². The number of rotatable bonds is 6. The maximum Gasteiger partial charge on any atom is 0.238 e. The summed E-state index contributed by atoms with van der Waals surface area (Å²) in [5.41, 5.74) is 0.814. The van der Waals surface area contributed by atoms with E-state index in [0.29, 0.717) is 28.2 Å². The van der Waals surface area contributed by atoms with E-state index < -0.39 is 0 Å². The van der Waals surface area contributed by atoms with Crippen molar-refractivity contribution in [2.75, 3.05) is 6.54 Å². The Morgan fingerprint density at radius 3 is 2.90 bits per heavy atom. The number of nitrogens with one attached hydrogen (secondary N) is 1. The normalized spacial score (nSPS) is 10.6. The highest BCUT2D eigenvalue weighted by molar-refractivity contribution is 6.42. The molecule has 106 valence electrons. The zero-order valence-corrected chi connectivity index (χ0v) is 12.6. The summed E-state index contributed by atoms with van der Waals surface area (Å²) in [6.07, 6.45) is 4.32. The van der Waals surface area contributed by atoms with Gasteiger partial charge in [0.1, 0.15) is 10.8 Å². The van der Waals surface area contributed by atoms with Crippen molar-refractivity contribution in [3.05, 3.63) is 46.3 Å². The zero-order valence-electron chi connectivity index (χ0n) is 11.1. The van der Waals surface area contributed by atoms with Crippen molar-refractivity contribution in [3.8, 4) is 11.6 Å². The second kappa shape index (κ2) is 7.43. The first-order valence-corrected chi connectivity index (χ1v) is 7.09. The topological polar surface area (TPSA) is 47.0 Å². The molecule has 1 N–H and O–H groups in total. The summed E-state index contributed by atoms with van der Waals surface area (Å²) in [5.74, 6) is 0.858. The summed E-state index contributed by atoms with van der Waals surface area (Å²) in [7, 11) is 0. The van der Waals surface area contributed by atoms with E-state index >= 15 is 0 Å². The second-order valence-electron chi connectivity index (χ2n) is 4.18. The number of benzene rings is 1. The first kappa shape index (κ1) is 15.0. The molecule has 0 saturated heterocycles. The summed E-state index contributed by atoms with van der Waals surface area (Å²) < 4.78 is 5.62. The SMILES string of the molecule is CCCNCc1cncc(Oc2cccc(Cl)c2Cl)n1. The number of hydrogen-bond acceptors (Lipinski definition) is 4. The number of nitrogens with zero attached hydrogens (tertiary/aromatic N) is 2. The van der Waals surface area contributed by atoms with E-state index in [1.807, 2.05) is 0 Å². The van der Waals surface area contributed by atoms with Gasteiger partial charge in [0.05, 0.1) is 16.9 Å². The molecular weight excluding hydrogens is 297 g/mol. The van der Waals surface area contributed by atoms with Gasteiger partial charge in [0, 0.05) is 12.7 Å². The first-order valence-electron chi connectivity index (χ1n) is 6.34. The van der Waals surface area contributed by atoms with Crippen molar-refractivity contribution in [2.24, 2.45) is 0 Å². The molecule has 0 aliphatic carbocycles. The minimum absolute atomic E-state index is 0.366. The van der Waals surface area contributed by atoms with Crippen LogP contribution in [0.3, 0.4) is 0 Å². The molecule has 1 aromatic heterocycles. The summed E-state index contributed by atoms with van der Waals surface area (Å²) >= 11 is 12.0. The summed E-state index contributed by atoms with van der Waals surface area (Å²) in [6, 6.07) is 5.20. The number of halogens is 2. The molecule has 0 aliphatic heterocycles. The quantitative estimate of drug-likeness (QED) is 0.817. The van der Waals surface area contributed by atoms with Crippen LogP contribution in [0.2, 0.25) is 10.0 Å². The Balaban J connectivity index is 2.09. The lowest BCUT2D eigenvalue weighted by molar-refractivity contribution is 0.456. The number of hydrogen-bond donors (Lipinski definition) is 1. The van der Waals surface area contributed by atoms with E-state index in [4.69, 9.17) is 27.9 Å². The van der Waals surface area contributed by atoms with Crippen LogP contribution in [0.25, 0.3) is 0 Å². The summed E-state index contributed by atoms with van der Waals surface area (Å²) in [4.78, 5) is 8.47. The van der Waals surface area contributed by atoms with Crippen LogP contribution in [-0.2, 0) is 6.54 Å². The predicted molar refractivity (Wildman–Crippen MR) is 80.6 cm³/mol. The third kappa shape index (κ3) is 4.07. The number of aromatic nitrogens is 2. The molecule has 0 bridgehead atoms. The third-order valence-corrected chi connectivity index (χ3v) is 3.33. The Morgan fingerprint density at radius 1 is 1.25 bits per heavy atom. The molecule has 0 fully saturated rings. The van der Waals surface area contributed by atoms with Gasteiger partial charge in [0.2, 0.25) is 5.88 Å². The van der Waals surface area contributed by atoms with Crippen molar-refractivity contribution in [3.63, 3.8) is 0 Å². The average molecular weight is 312 g/mol. The maximum absolute atomic E-state index is 6.07. The molecule has 0 radical (unpaired) electrons. The molecule has 0 aliphatic rings. The highest BCUT2D eigenvalue weighted by Gasteiger charge is 2.08. The molecule has 0 atom stereocenters. The van der Waals surface area contributed by atoms with E-state index in [1.54, 1.807) is 30.6 Å². The average Bonchev–Trinajstić information content (AvgIpc) is 2.45. The van der Waals surface area contributed by atoms with Crippen LogP contribution in [0.1, 0.15) is 19.0 Å². The van der Waals surface area contributed by atoms with Gasteiger partial charge >= 0.3 is 0 Å². The molecule has 2 aromatic rings. The van der Waals surface area contributed by atoms with Gasteiger partial charge in [0.15, 0.2) is 0 Å². The van der Waals surface area contributed by atoms with E-state index in [2.05, 4.69) is 22.2 Å². The van der Waals surface area contributed by atoms with Crippen LogP contribution in [0.15, 0.2) is 30.6 Å². The van der Waals surface area contributed by atoms with Gasteiger partial charge in [-0.2, -0.15) is 0 Å². The van der Waals surface area contributed by atoms with Crippen molar-refractivity contribution in [2.45, 2.75) is 19.9 Å². The van der Waals surface area contributed by atoms with Gasteiger partial charge in [-0.05, 0) is 25.1 Å². The Kier molecular flexibility index (Phi) is 5.59. The third-order valence-electron chi connectivity index (χ3n) is 2.53. The Bertz CT molecular complexity index is 578. The largest absolute Gasteiger partial charge is 0.436 e. The van der Waals surface area contributed by atoms with Gasteiger partial charge < -0.3 is 10.1 Å². The smallest absolute Gasteiger partial charge is 0.238 e. The summed E-state index contributed by atoms with van der Waals surface area (Å²) in [6.45, 7) is 3.70. The molecule has 6 heteroatoms. The molecule has 1 heterocycles. The Hall–Kier alpha value is -1.36. The minimum atomic E-state index is 0.366. The van der Waals surface area contributed by atoms with Crippen molar-refractivity contribution < 1.29 is 4.74 Å². The van der Waals surface area contributed by atoms with E-state index in [1.165, 1.54) is 0 Å². The van der Waals surface area contributed by atoms with Gasteiger partial charge in [-0.25, -0.2) is 4.98 Å². The van der Waals surface area contributed by atoms with E-state index in [0.717, 1.165) is 18.7 Å². The molecule has 1 aromatic carbocycles. The van der Waals surface area contributed by atoms with Crippen molar-refractivity contribution in [1.29, 1.82) is 0 Å². The van der Waals surface area contributed by atoms with Crippen LogP contribution in [0.5, 0.6) is 11.6 Å². The van der Waals surface area contributed by atoms with Gasteiger partial charge in [-0.3, -0.25) is 4.98 Å². The first-order chi connectivity index (χ1) is 9.70. The van der Waals surface area contributed by atoms with Crippen LogP contribution in [0, 0.1) is 0 Å². The Labute approximate surface area is 128 Å². The maximum atomic E-state index is 6.07. The van der Waals surface area contributed by atoms with Crippen LogP contribution >= 0.6 is 23.2 Å². The number of ether oxygens (including phenoxy) is 1. The fourth-order valence-corrected chi connectivity index (χ4v) is 1.92. The van der Waals surface area contributed by atoms with Crippen molar-refractivity contribution in [1.82, 2.24) is 15.3 Å². The zero-order chi connectivity index (χ0) is 14.4. The van der Waals surface area contributed by atoms with E-state index in [9.17, 15) is 0 Å². The molecule has 0 spiro atoms. The van der Waals surface area contributed by atoms with Crippen molar-refractivity contribution >= 4 is 23.2 Å². The van der Waals surface area contributed by atoms with E-state index in [-0.39, 0.29) is 0 Å².